The van der Waals surface area contributed by atoms with E-state index in [4.69, 9.17) is 57.9 Å². The van der Waals surface area contributed by atoms with Crippen LogP contribution in [0.4, 0.5) is 37.7 Å². The van der Waals surface area contributed by atoms with Crippen molar-refractivity contribution in [2.75, 3.05) is 0 Å². The van der Waals surface area contributed by atoms with Crippen molar-refractivity contribution in [3.05, 3.63) is 266 Å². The lowest BCUT2D eigenvalue weighted by Gasteiger charge is -2.32. The molecule has 0 saturated carbocycles. The van der Waals surface area contributed by atoms with E-state index in [1.807, 2.05) is 235 Å². The Kier molecular flexibility index (Phi) is 25.8. The monoisotopic (exact) mass is 1530 g/mol. The summed E-state index contributed by atoms with van der Waals surface area (Å²) in [7, 11) is -1.76. The maximum Gasteiger partial charge on any atom is 0.493 e. The Morgan fingerprint density at radius 1 is 0.382 bits per heavy atom. The molecular formula is C75H67B3Br2ClF6N9O6. The van der Waals surface area contributed by atoms with Crippen LogP contribution >= 0.6 is 43.5 Å². The second-order valence-electron chi connectivity index (χ2n) is 25.9. The number of nitriles is 1. The quantitative estimate of drug-likeness (QED) is 0.0641. The highest BCUT2D eigenvalue weighted by molar-refractivity contribution is 9.10. The molecule has 0 bridgehead atoms. The maximum atomic E-state index is 14.0. The van der Waals surface area contributed by atoms with Gasteiger partial charge in [0.1, 0.15) is 17.7 Å². The molecule has 3 aliphatic heterocycles. The molecule has 10 aromatic rings. The molecule has 15 nitrogen and oxygen atoms in total. The Balaban J connectivity index is 0.000000162. The third-order valence-electron chi connectivity index (χ3n) is 17.0. The number of hydrogen-bond acceptors (Lipinski definition) is 13. The molecule has 0 spiro atoms. The molecule has 0 unspecified atom stereocenters. The Morgan fingerprint density at radius 3 is 1.02 bits per heavy atom. The highest BCUT2D eigenvalue weighted by Gasteiger charge is 2.64. The molecule has 2 aromatic heterocycles. The molecule has 0 N–H and O–H groups in total. The fraction of sp³-hybridized carbons (Fsp3) is 0.240. The lowest BCUT2D eigenvalue weighted by Crippen LogP contribution is -2.41. The largest absolute Gasteiger partial charge is 0.493 e. The van der Waals surface area contributed by atoms with E-state index < -0.39 is 72.8 Å². The molecule has 520 valence electrons. The first-order chi connectivity index (χ1) is 48.1. The van der Waals surface area contributed by atoms with Crippen LogP contribution in [0.15, 0.2) is 197 Å². The smallest absolute Gasteiger partial charge is 0.405 e. The summed E-state index contributed by atoms with van der Waals surface area (Å²) < 4.78 is 116. The SMILES string of the molecule is Brc1ccccc1.CC1(C)OB(B2OC(C)(C)C(C)(C)O2)OC1(C)C.Clc1nc(-c2ccccc2)nc(-c2ccccc2)n1.N#Cc1cc(-c2nc(-c3ccccc3)nc(-c3ccccc3)n2)cc(F)c1F.[C-]#[N+]c1cc(B2OC(C)(C)C(C)(C)O2)cc(F)c1F.[C-]#[N+]c1cc(Br)cc(F)c1F. The van der Waals surface area contributed by atoms with Gasteiger partial charge in [-0.15, -0.1) is 0 Å². The summed E-state index contributed by atoms with van der Waals surface area (Å²) in [6.07, 6.45) is 0. The highest BCUT2D eigenvalue weighted by Crippen LogP contribution is 2.43. The number of benzene rings is 8. The molecule has 8 aromatic carbocycles. The van der Waals surface area contributed by atoms with Gasteiger partial charge in [0.2, 0.25) is 16.7 Å². The summed E-state index contributed by atoms with van der Waals surface area (Å²) in [6, 6.07) is 56.3. The van der Waals surface area contributed by atoms with Gasteiger partial charge in [0, 0.05) is 36.8 Å². The summed E-state index contributed by atoms with van der Waals surface area (Å²) >= 11 is 12.2. The van der Waals surface area contributed by atoms with Crippen molar-refractivity contribution < 1.29 is 54.3 Å². The van der Waals surface area contributed by atoms with Gasteiger partial charge in [0.05, 0.1) is 52.3 Å². The predicted octanol–water partition coefficient (Wildman–Crippen LogP) is 19.7. The molecule has 3 aliphatic rings. The third kappa shape index (κ3) is 19.6. The van der Waals surface area contributed by atoms with Crippen LogP contribution in [-0.2, 0) is 27.9 Å². The van der Waals surface area contributed by atoms with Crippen molar-refractivity contribution in [3.8, 4) is 63.0 Å². The predicted molar refractivity (Wildman–Crippen MR) is 391 cm³/mol. The van der Waals surface area contributed by atoms with Crippen molar-refractivity contribution in [1.82, 2.24) is 29.9 Å². The zero-order chi connectivity index (χ0) is 74.5. The molecule has 0 aliphatic carbocycles. The minimum absolute atomic E-state index is 0.156. The van der Waals surface area contributed by atoms with Crippen molar-refractivity contribution in [2.45, 2.75) is 117 Å². The van der Waals surface area contributed by atoms with Gasteiger partial charge in [-0.25, -0.2) is 56.0 Å². The van der Waals surface area contributed by atoms with Gasteiger partial charge in [-0.3, -0.25) is 0 Å². The van der Waals surface area contributed by atoms with Gasteiger partial charge >= 0.3 is 21.1 Å². The van der Waals surface area contributed by atoms with E-state index in [9.17, 15) is 26.3 Å². The van der Waals surface area contributed by atoms with E-state index in [0.717, 1.165) is 44.9 Å². The lowest BCUT2D eigenvalue weighted by atomic mass is 9.49. The van der Waals surface area contributed by atoms with Gasteiger partial charge in [-0.1, -0.05) is 177 Å². The minimum Gasteiger partial charge on any atom is -0.405 e. The fourth-order valence-corrected chi connectivity index (χ4v) is 10.2. The average Bonchev–Trinajstić information content (AvgIpc) is 1.59. The minimum atomic E-state index is -1.19. The van der Waals surface area contributed by atoms with E-state index in [2.05, 4.69) is 71.5 Å². The molecule has 27 heteroatoms. The Labute approximate surface area is 612 Å². The molecule has 0 atom stereocenters. The first-order valence-corrected chi connectivity index (χ1v) is 33.5. The molecule has 3 saturated heterocycles. The second-order valence-corrected chi connectivity index (χ2v) is 28.0. The van der Waals surface area contributed by atoms with E-state index in [-0.39, 0.29) is 50.5 Å². The standard InChI is InChI=1S/C22H12F2N4.C15H10ClN3.C13H14BF2NO2.C12H24B2O4.C7H2BrF2N.C6H5Br/c23-18-12-16(11-17(13-25)19(18)24)22-27-20(14-7-3-1-4-8-14)26-21(28-22)15-9-5-2-6-10-15;16-15-18-13(11-7-3-1-4-8-11)17-14(19-15)12-9-5-2-6-10-12;1-12(2)13(3,4)19-14(18-12)8-6-9(15)11(16)10(7-8)17-5;1-9(2)10(3,4)16-13(15-9)14-17-11(5,6)12(7,8)18-14;1-11-6-3-4(8)2-5(9)7(6)10;7-6-4-2-1-3-5-6/h1-12H;1-10H;6-7H,1-4H3;1-8H3;2-3H;1-5H. The van der Waals surface area contributed by atoms with Gasteiger partial charge < -0.3 is 27.9 Å². The maximum absolute atomic E-state index is 14.0. The normalized spacial score (nSPS) is 15.8. The van der Waals surface area contributed by atoms with Crippen LogP contribution in [-0.4, -0.2) is 84.6 Å². The third-order valence-corrected chi connectivity index (χ3v) is 18.2. The molecular weight excluding hydrogens is 1460 g/mol. The average molecular weight is 1530 g/mol. The fourth-order valence-electron chi connectivity index (χ4n) is 9.35. The number of nitrogens with zero attached hydrogens (tertiary/aromatic N) is 9. The van der Waals surface area contributed by atoms with Crippen molar-refractivity contribution >= 4 is 81.4 Å². The number of rotatable bonds is 7. The van der Waals surface area contributed by atoms with Crippen LogP contribution in [0.25, 0.3) is 66.6 Å². The number of hydrogen-bond donors (Lipinski definition) is 0. The van der Waals surface area contributed by atoms with E-state index >= 15 is 0 Å². The van der Waals surface area contributed by atoms with Gasteiger partial charge in [0.25, 0.3) is 0 Å². The molecule has 0 radical (unpaired) electrons. The molecule has 3 fully saturated rings. The van der Waals surface area contributed by atoms with Crippen molar-refractivity contribution in [2.24, 2.45) is 0 Å². The molecule has 0 amide bonds. The Morgan fingerprint density at radius 2 is 0.686 bits per heavy atom. The Hall–Kier alpha value is -8.97. The summed E-state index contributed by atoms with van der Waals surface area (Å²) in [5, 5.41) is 9.27. The zero-order valence-corrected chi connectivity index (χ0v) is 61.4. The van der Waals surface area contributed by atoms with Crippen LogP contribution in [0.5, 0.6) is 0 Å². The van der Waals surface area contributed by atoms with Crippen LogP contribution < -0.4 is 5.46 Å². The van der Waals surface area contributed by atoms with Gasteiger partial charge in [-0.2, -0.15) is 15.2 Å². The Bertz CT molecular complexity index is 4510. The summed E-state index contributed by atoms with van der Waals surface area (Å²) in [5.41, 5.74) is 0.202. The summed E-state index contributed by atoms with van der Waals surface area (Å²) in [4.78, 5) is 31.9. The van der Waals surface area contributed by atoms with E-state index in [0.29, 0.717) is 33.2 Å². The van der Waals surface area contributed by atoms with E-state index in [1.165, 1.54) is 18.2 Å². The highest BCUT2D eigenvalue weighted by atomic mass is 79.9. The van der Waals surface area contributed by atoms with Crippen LogP contribution in [0.3, 0.4) is 0 Å². The van der Waals surface area contributed by atoms with Gasteiger partial charge in [0.15, 0.2) is 52.4 Å². The van der Waals surface area contributed by atoms with Gasteiger partial charge in [-0.05, 0) is 143 Å². The molecule has 102 heavy (non-hydrogen) atoms. The lowest BCUT2D eigenvalue weighted by molar-refractivity contribution is 0.00578. The van der Waals surface area contributed by atoms with Crippen LogP contribution in [0.2, 0.25) is 5.28 Å². The molecule has 5 heterocycles. The summed E-state index contributed by atoms with van der Waals surface area (Å²) in [5.74, 6) is -4.52. The second kappa shape index (κ2) is 33.4. The van der Waals surface area contributed by atoms with Crippen molar-refractivity contribution in [3.63, 3.8) is 0 Å². The van der Waals surface area contributed by atoms with Crippen LogP contribution in [0.1, 0.15) is 88.6 Å². The first-order valence-electron chi connectivity index (χ1n) is 31.5. The molecule has 13 rings (SSSR count). The topological polar surface area (TPSA) is 165 Å². The van der Waals surface area contributed by atoms with Crippen molar-refractivity contribution in [1.29, 1.82) is 5.26 Å². The number of aromatic nitrogens is 6. The van der Waals surface area contributed by atoms with E-state index in [1.54, 1.807) is 6.07 Å². The zero-order valence-electron chi connectivity index (χ0n) is 57.5. The first kappa shape index (κ1) is 78.7. The summed E-state index contributed by atoms with van der Waals surface area (Å²) in [6.45, 7) is 37.0. The van der Waals surface area contributed by atoms with Crippen LogP contribution in [0, 0.1) is 59.4 Å². The number of halogens is 9.